The van der Waals surface area contributed by atoms with Gasteiger partial charge in [-0.15, -0.1) is 0 Å². The van der Waals surface area contributed by atoms with E-state index >= 15 is 0 Å². The number of aromatic nitrogens is 1. The summed E-state index contributed by atoms with van der Waals surface area (Å²) < 4.78 is 22.9. The SMILES string of the molecule is NS(=O)(=O)c1ccc(C2=C(c3ccncc3)CC3(CCC3)C2)cc1. The van der Waals surface area contributed by atoms with Crippen LogP contribution in [0.15, 0.2) is 53.7 Å². The van der Waals surface area contributed by atoms with Crippen LogP contribution in [0.1, 0.15) is 43.2 Å². The predicted molar refractivity (Wildman–Crippen MR) is 94.4 cm³/mol. The second-order valence-electron chi connectivity index (χ2n) is 6.97. The fourth-order valence-electron chi connectivity index (χ4n) is 4.01. The summed E-state index contributed by atoms with van der Waals surface area (Å²) in [5, 5.41) is 5.21. The Morgan fingerprint density at radius 2 is 1.42 bits per heavy atom. The van der Waals surface area contributed by atoms with E-state index in [1.807, 2.05) is 24.5 Å². The maximum Gasteiger partial charge on any atom is 0.238 e. The van der Waals surface area contributed by atoms with Gasteiger partial charge in [0.15, 0.2) is 0 Å². The number of allylic oxidation sites excluding steroid dienone is 2. The highest BCUT2D eigenvalue weighted by molar-refractivity contribution is 7.89. The number of hydrogen-bond donors (Lipinski definition) is 1. The molecule has 1 aromatic carbocycles. The molecule has 0 atom stereocenters. The number of primary sulfonamides is 1. The molecule has 0 bridgehead atoms. The first kappa shape index (κ1) is 15.5. The zero-order chi connectivity index (χ0) is 16.8. The molecule has 5 heteroatoms. The molecular weight excluding hydrogens is 320 g/mol. The van der Waals surface area contributed by atoms with Crippen molar-refractivity contribution >= 4 is 21.2 Å². The molecule has 4 nitrogen and oxygen atoms in total. The van der Waals surface area contributed by atoms with E-state index in [0.29, 0.717) is 5.41 Å². The van der Waals surface area contributed by atoms with E-state index in [1.165, 1.54) is 36.0 Å². The molecule has 4 rings (SSSR count). The molecule has 0 saturated heterocycles. The number of rotatable bonds is 3. The van der Waals surface area contributed by atoms with Crippen LogP contribution in [-0.4, -0.2) is 13.4 Å². The summed E-state index contributed by atoms with van der Waals surface area (Å²) in [7, 11) is -3.65. The zero-order valence-electron chi connectivity index (χ0n) is 13.4. The van der Waals surface area contributed by atoms with Gasteiger partial charge in [-0.3, -0.25) is 4.98 Å². The van der Waals surface area contributed by atoms with E-state index in [1.54, 1.807) is 12.1 Å². The summed E-state index contributed by atoms with van der Waals surface area (Å²) in [5.41, 5.74) is 5.44. The van der Waals surface area contributed by atoms with Crippen LogP contribution in [0.4, 0.5) is 0 Å². The Labute approximate surface area is 142 Å². The zero-order valence-corrected chi connectivity index (χ0v) is 14.2. The van der Waals surface area contributed by atoms with Gasteiger partial charge in [0.05, 0.1) is 4.90 Å². The van der Waals surface area contributed by atoms with Gasteiger partial charge in [0, 0.05) is 12.4 Å². The minimum absolute atomic E-state index is 0.161. The fraction of sp³-hybridized carbons (Fsp3) is 0.316. The molecule has 2 N–H and O–H groups in total. The Morgan fingerprint density at radius 3 is 1.88 bits per heavy atom. The van der Waals surface area contributed by atoms with Crippen molar-refractivity contribution in [3.63, 3.8) is 0 Å². The van der Waals surface area contributed by atoms with E-state index in [-0.39, 0.29) is 4.90 Å². The summed E-state index contributed by atoms with van der Waals surface area (Å²) in [5.74, 6) is 0. The number of benzene rings is 1. The molecule has 0 radical (unpaired) electrons. The Balaban J connectivity index is 1.77. The highest BCUT2D eigenvalue weighted by Crippen LogP contribution is 2.59. The summed E-state index contributed by atoms with van der Waals surface area (Å²) in [4.78, 5) is 4.28. The van der Waals surface area contributed by atoms with Crippen molar-refractivity contribution in [2.45, 2.75) is 37.0 Å². The Bertz CT molecular complexity index is 896. The first-order chi connectivity index (χ1) is 11.5. The van der Waals surface area contributed by atoms with Crippen LogP contribution < -0.4 is 5.14 Å². The number of sulfonamides is 1. The highest BCUT2D eigenvalue weighted by atomic mass is 32.2. The van der Waals surface area contributed by atoms with Crippen LogP contribution in [0, 0.1) is 5.41 Å². The molecule has 2 aromatic rings. The molecule has 124 valence electrons. The summed E-state index contributed by atoms with van der Waals surface area (Å²) in [6, 6.07) is 11.1. The van der Waals surface area contributed by atoms with Gasteiger partial charge in [-0.25, -0.2) is 13.6 Å². The van der Waals surface area contributed by atoms with E-state index < -0.39 is 10.0 Å². The standard InChI is InChI=1S/C19H20N2O2S/c20-24(22,23)16-4-2-14(3-5-16)17-12-19(8-1-9-19)13-18(17)15-6-10-21-11-7-15/h2-7,10-11H,1,8-9,12-13H2,(H2,20,22,23). The number of nitrogens with zero attached hydrogens (tertiary/aromatic N) is 1. The summed E-state index contributed by atoms with van der Waals surface area (Å²) in [6.07, 6.45) is 9.69. The Morgan fingerprint density at radius 1 is 0.875 bits per heavy atom. The smallest absolute Gasteiger partial charge is 0.238 e. The van der Waals surface area contributed by atoms with Crippen molar-refractivity contribution in [1.82, 2.24) is 4.98 Å². The third-order valence-electron chi connectivity index (χ3n) is 5.44. The van der Waals surface area contributed by atoms with E-state index in [2.05, 4.69) is 17.1 Å². The van der Waals surface area contributed by atoms with E-state index in [0.717, 1.165) is 18.4 Å². The summed E-state index contributed by atoms with van der Waals surface area (Å²) >= 11 is 0. The van der Waals surface area contributed by atoms with Gasteiger partial charge in [-0.2, -0.15) is 0 Å². The molecule has 1 spiro atoms. The van der Waals surface area contributed by atoms with Crippen LogP contribution in [0.2, 0.25) is 0 Å². The van der Waals surface area contributed by atoms with Crippen molar-refractivity contribution in [1.29, 1.82) is 0 Å². The van der Waals surface area contributed by atoms with Crippen LogP contribution in [0.25, 0.3) is 11.1 Å². The molecule has 1 aromatic heterocycles. The van der Waals surface area contributed by atoms with Crippen molar-refractivity contribution in [3.8, 4) is 0 Å². The predicted octanol–water partition coefficient (Wildman–Crippen LogP) is 3.60. The molecule has 24 heavy (non-hydrogen) atoms. The third kappa shape index (κ3) is 2.68. The van der Waals surface area contributed by atoms with Crippen molar-refractivity contribution in [2.75, 3.05) is 0 Å². The first-order valence-electron chi connectivity index (χ1n) is 8.23. The number of hydrogen-bond acceptors (Lipinski definition) is 3. The maximum absolute atomic E-state index is 11.5. The second-order valence-corrected chi connectivity index (χ2v) is 8.53. The van der Waals surface area contributed by atoms with Gasteiger partial charge in [-0.1, -0.05) is 18.6 Å². The molecule has 2 aliphatic carbocycles. The van der Waals surface area contributed by atoms with Gasteiger partial charge in [0.25, 0.3) is 0 Å². The molecule has 1 heterocycles. The second kappa shape index (κ2) is 5.53. The Hall–Kier alpha value is -1.98. The molecule has 0 aliphatic heterocycles. The number of pyridine rings is 1. The van der Waals surface area contributed by atoms with Gasteiger partial charge in [-0.05, 0) is 77.6 Å². The molecule has 0 unspecified atom stereocenters. The average Bonchev–Trinajstić information content (AvgIpc) is 2.96. The van der Waals surface area contributed by atoms with Crippen LogP contribution in [-0.2, 0) is 10.0 Å². The normalized spacial score (nSPS) is 19.5. The lowest BCUT2D eigenvalue weighted by Gasteiger charge is -2.39. The van der Waals surface area contributed by atoms with Crippen molar-refractivity contribution in [2.24, 2.45) is 10.6 Å². The molecule has 1 saturated carbocycles. The molecule has 2 aliphatic rings. The van der Waals surface area contributed by atoms with E-state index in [4.69, 9.17) is 5.14 Å². The van der Waals surface area contributed by atoms with Crippen LogP contribution in [0.5, 0.6) is 0 Å². The van der Waals surface area contributed by atoms with Gasteiger partial charge < -0.3 is 0 Å². The minimum Gasteiger partial charge on any atom is -0.265 e. The highest BCUT2D eigenvalue weighted by Gasteiger charge is 2.43. The average molecular weight is 340 g/mol. The van der Waals surface area contributed by atoms with Crippen molar-refractivity contribution < 1.29 is 8.42 Å². The number of nitrogens with two attached hydrogens (primary N) is 1. The van der Waals surface area contributed by atoms with Crippen molar-refractivity contribution in [3.05, 3.63) is 59.9 Å². The lowest BCUT2D eigenvalue weighted by molar-refractivity contribution is 0.157. The Kier molecular flexibility index (Phi) is 3.58. The minimum atomic E-state index is -3.65. The third-order valence-corrected chi connectivity index (χ3v) is 6.37. The maximum atomic E-state index is 11.5. The topological polar surface area (TPSA) is 73.1 Å². The molecular formula is C19H20N2O2S. The monoisotopic (exact) mass is 340 g/mol. The lowest BCUT2D eigenvalue weighted by Crippen LogP contribution is -2.26. The quantitative estimate of drug-likeness (QED) is 0.928. The summed E-state index contributed by atoms with van der Waals surface area (Å²) in [6.45, 7) is 0. The van der Waals surface area contributed by atoms with Crippen LogP contribution in [0.3, 0.4) is 0 Å². The van der Waals surface area contributed by atoms with Crippen LogP contribution >= 0.6 is 0 Å². The first-order valence-corrected chi connectivity index (χ1v) is 9.77. The largest absolute Gasteiger partial charge is 0.265 e. The lowest BCUT2D eigenvalue weighted by atomic mass is 9.66. The van der Waals surface area contributed by atoms with E-state index in [9.17, 15) is 8.42 Å². The molecule has 1 fully saturated rings. The fourth-order valence-corrected chi connectivity index (χ4v) is 4.52. The molecule has 0 amide bonds. The van der Waals surface area contributed by atoms with Gasteiger partial charge in [0.1, 0.15) is 0 Å². The van der Waals surface area contributed by atoms with Gasteiger partial charge in [0.2, 0.25) is 10.0 Å². The van der Waals surface area contributed by atoms with Gasteiger partial charge >= 0.3 is 0 Å².